The number of carbonyl (C=O) groups is 3. The van der Waals surface area contributed by atoms with Crippen LogP contribution in [0.2, 0.25) is 0 Å². The number of hydrogen-bond acceptors (Lipinski definition) is 5. The van der Waals surface area contributed by atoms with Gasteiger partial charge in [0.25, 0.3) is 5.91 Å². The first-order chi connectivity index (χ1) is 17.7. The van der Waals surface area contributed by atoms with E-state index in [4.69, 9.17) is 9.47 Å². The Morgan fingerprint density at radius 3 is 2.43 bits per heavy atom. The quantitative estimate of drug-likeness (QED) is 0.405. The van der Waals surface area contributed by atoms with E-state index in [2.05, 4.69) is 31.3 Å². The first kappa shape index (κ1) is 25.9. The summed E-state index contributed by atoms with van der Waals surface area (Å²) in [6.45, 7) is 5.90. The third-order valence-corrected chi connectivity index (χ3v) is 6.10. The predicted octanol–water partition coefficient (Wildman–Crippen LogP) is 5.58. The maximum Gasteiger partial charge on any atom is 0.311 e. The van der Waals surface area contributed by atoms with Crippen molar-refractivity contribution in [2.45, 2.75) is 33.1 Å². The van der Waals surface area contributed by atoms with Crippen LogP contribution in [-0.2, 0) is 19.1 Å². The highest BCUT2D eigenvalue weighted by molar-refractivity contribution is 6.00. The van der Waals surface area contributed by atoms with Gasteiger partial charge in [-0.05, 0) is 78.6 Å². The second kappa shape index (κ2) is 11.2. The minimum Gasteiger partial charge on any atom is -0.457 e. The van der Waals surface area contributed by atoms with Crippen molar-refractivity contribution < 1.29 is 28.2 Å². The molecular weight excluding hydrogens is 475 g/mol. The van der Waals surface area contributed by atoms with E-state index in [1.165, 1.54) is 29.2 Å². The number of amides is 2. The summed E-state index contributed by atoms with van der Waals surface area (Å²) in [6, 6.07) is 18.5. The summed E-state index contributed by atoms with van der Waals surface area (Å²) < 4.78 is 24.2. The fourth-order valence-corrected chi connectivity index (χ4v) is 4.13. The zero-order valence-electron chi connectivity index (χ0n) is 21.0. The topological polar surface area (TPSA) is 84.9 Å². The number of esters is 1. The van der Waals surface area contributed by atoms with Crippen molar-refractivity contribution in [2.75, 3.05) is 23.4 Å². The van der Waals surface area contributed by atoms with Crippen LogP contribution in [0.1, 0.15) is 37.3 Å². The lowest BCUT2D eigenvalue weighted by molar-refractivity contribution is -0.151. The highest BCUT2D eigenvalue weighted by Gasteiger charge is 2.36. The van der Waals surface area contributed by atoms with E-state index < -0.39 is 30.2 Å². The van der Waals surface area contributed by atoms with Crippen LogP contribution in [0.3, 0.4) is 0 Å². The number of hydrogen-bond donors (Lipinski definition) is 1. The van der Waals surface area contributed by atoms with Gasteiger partial charge in [-0.25, -0.2) is 4.39 Å². The Kier molecular flexibility index (Phi) is 7.86. The summed E-state index contributed by atoms with van der Waals surface area (Å²) in [4.78, 5) is 38.7. The molecule has 1 aliphatic heterocycles. The van der Waals surface area contributed by atoms with Gasteiger partial charge in [0.2, 0.25) is 5.91 Å². The monoisotopic (exact) mass is 504 g/mol. The highest BCUT2D eigenvalue weighted by Crippen LogP contribution is 2.33. The number of halogens is 1. The van der Waals surface area contributed by atoms with Crippen molar-refractivity contribution in [3.8, 4) is 11.5 Å². The van der Waals surface area contributed by atoms with Crippen molar-refractivity contribution in [3.05, 3.63) is 83.7 Å². The zero-order valence-corrected chi connectivity index (χ0v) is 21.0. The van der Waals surface area contributed by atoms with Crippen LogP contribution < -0.4 is 15.0 Å². The fraction of sp³-hybridized carbons (Fsp3) is 0.276. The number of ether oxygens (including phenoxy) is 2. The number of nitrogens with one attached hydrogen (secondary N) is 1. The standard InChI is InChI=1S/C29H29FN2O5/c1-18(2)25-13-4-19(3)14-26(25)37-24-11-9-23(10-12-24)32-16-20(15-28(32)34)29(35)36-17-27(33)31-22-7-5-21(30)6-8-22/h4-14,18,20H,15-17H2,1-3H3,(H,31,33)/t20-/m0/s1. The number of carbonyl (C=O) groups excluding carboxylic acids is 3. The Hall–Kier alpha value is -4.20. The molecule has 8 heteroatoms. The third-order valence-electron chi connectivity index (χ3n) is 6.10. The average molecular weight is 505 g/mol. The van der Waals surface area contributed by atoms with E-state index >= 15 is 0 Å². The molecule has 4 rings (SSSR count). The Balaban J connectivity index is 1.32. The summed E-state index contributed by atoms with van der Waals surface area (Å²) in [7, 11) is 0. The number of benzene rings is 3. The van der Waals surface area contributed by atoms with Crippen LogP contribution in [0, 0.1) is 18.7 Å². The van der Waals surface area contributed by atoms with Crippen LogP contribution >= 0.6 is 0 Å². The van der Waals surface area contributed by atoms with Gasteiger partial charge in [-0.2, -0.15) is 0 Å². The van der Waals surface area contributed by atoms with E-state index in [1.54, 1.807) is 24.3 Å². The van der Waals surface area contributed by atoms with Crippen molar-refractivity contribution >= 4 is 29.2 Å². The molecule has 37 heavy (non-hydrogen) atoms. The highest BCUT2D eigenvalue weighted by atomic mass is 19.1. The molecule has 1 saturated heterocycles. The Morgan fingerprint density at radius 2 is 1.76 bits per heavy atom. The molecule has 0 aliphatic carbocycles. The van der Waals surface area contributed by atoms with E-state index in [0.29, 0.717) is 23.0 Å². The lowest BCUT2D eigenvalue weighted by atomic mass is 10.0. The molecule has 1 N–H and O–H groups in total. The van der Waals surface area contributed by atoms with Gasteiger partial charge in [0.15, 0.2) is 6.61 Å². The van der Waals surface area contributed by atoms with Gasteiger partial charge in [-0.1, -0.05) is 26.0 Å². The van der Waals surface area contributed by atoms with E-state index in [0.717, 1.165) is 16.9 Å². The maximum absolute atomic E-state index is 13.0. The smallest absolute Gasteiger partial charge is 0.311 e. The van der Waals surface area contributed by atoms with Crippen LogP contribution in [0.5, 0.6) is 11.5 Å². The summed E-state index contributed by atoms with van der Waals surface area (Å²) in [6.07, 6.45) is -0.00228. The summed E-state index contributed by atoms with van der Waals surface area (Å²) in [5, 5.41) is 2.52. The first-order valence-corrected chi connectivity index (χ1v) is 12.1. The van der Waals surface area contributed by atoms with E-state index in [1.807, 2.05) is 13.0 Å². The van der Waals surface area contributed by atoms with Gasteiger partial charge in [0.05, 0.1) is 5.92 Å². The second-order valence-corrected chi connectivity index (χ2v) is 9.36. The molecule has 1 heterocycles. The summed E-state index contributed by atoms with van der Waals surface area (Å²) in [5.74, 6) is -0.722. The van der Waals surface area contributed by atoms with E-state index in [9.17, 15) is 18.8 Å². The van der Waals surface area contributed by atoms with Gasteiger partial charge >= 0.3 is 5.97 Å². The van der Waals surface area contributed by atoms with Gasteiger partial charge in [-0.15, -0.1) is 0 Å². The molecule has 192 valence electrons. The fourth-order valence-electron chi connectivity index (χ4n) is 4.13. The molecule has 0 saturated carbocycles. The van der Waals surface area contributed by atoms with E-state index in [-0.39, 0.29) is 18.9 Å². The lowest BCUT2D eigenvalue weighted by Crippen LogP contribution is -2.28. The van der Waals surface area contributed by atoms with Crippen LogP contribution in [0.4, 0.5) is 15.8 Å². The average Bonchev–Trinajstić information content (AvgIpc) is 3.26. The van der Waals surface area contributed by atoms with Gasteiger partial charge in [-0.3, -0.25) is 14.4 Å². The molecule has 0 bridgehead atoms. The molecule has 3 aromatic carbocycles. The molecule has 0 spiro atoms. The van der Waals surface area contributed by atoms with Crippen molar-refractivity contribution in [2.24, 2.45) is 5.92 Å². The van der Waals surface area contributed by atoms with Crippen molar-refractivity contribution in [1.82, 2.24) is 0 Å². The molecule has 7 nitrogen and oxygen atoms in total. The van der Waals surface area contributed by atoms with Crippen LogP contribution in [-0.4, -0.2) is 30.9 Å². The molecular formula is C29H29FN2O5. The minimum atomic E-state index is -0.678. The summed E-state index contributed by atoms with van der Waals surface area (Å²) >= 11 is 0. The Morgan fingerprint density at radius 1 is 1.05 bits per heavy atom. The van der Waals surface area contributed by atoms with Crippen LogP contribution in [0.15, 0.2) is 66.7 Å². The molecule has 0 aromatic heterocycles. The normalized spacial score (nSPS) is 15.1. The SMILES string of the molecule is Cc1ccc(C(C)C)c(Oc2ccc(N3C[C@@H](C(=O)OCC(=O)Nc4ccc(F)cc4)CC3=O)cc2)c1. The Labute approximate surface area is 215 Å². The molecule has 3 aromatic rings. The van der Waals surface area contributed by atoms with Gasteiger partial charge in [0, 0.05) is 24.3 Å². The molecule has 1 fully saturated rings. The largest absolute Gasteiger partial charge is 0.457 e. The first-order valence-electron chi connectivity index (χ1n) is 12.1. The molecule has 0 radical (unpaired) electrons. The number of aryl methyl sites for hydroxylation is 1. The number of nitrogens with zero attached hydrogens (tertiary/aromatic N) is 1. The van der Waals surface area contributed by atoms with Gasteiger partial charge in [0.1, 0.15) is 17.3 Å². The van der Waals surface area contributed by atoms with Crippen LogP contribution in [0.25, 0.3) is 0 Å². The second-order valence-electron chi connectivity index (χ2n) is 9.36. The zero-order chi connectivity index (χ0) is 26.5. The maximum atomic E-state index is 13.0. The predicted molar refractivity (Wildman–Crippen MR) is 138 cm³/mol. The molecule has 0 unspecified atom stereocenters. The summed E-state index contributed by atoms with van der Waals surface area (Å²) in [5.41, 5.74) is 3.25. The lowest BCUT2D eigenvalue weighted by Gasteiger charge is -2.18. The van der Waals surface area contributed by atoms with Gasteiger partial charge < -0.3 is 19.7 Å². The molecule has 1 aliphatic rings. The Bertz CT molecular complexity index is 1290. The van der Waals surface area contributed by atoms with Crippen molar-refractivity contribution in [1.29, 1.82) is 0 Å². The molecule has 1 atom stereocenters. The number of anilines is 2. The molecule has 2 amide bonds. The minimum absolute atomic E-state index is 0.00228. The van der Waals surface area contributed by atoms with Crippen molar-refractivity contribution in [3.63, 3.8) is 0 Å². The number of rotatable bonds is 8. The third kappa shape index (κ3) is 6.52.